The average Bonchev–Trinajstić information content (AvgIpc) is 2.46. The fourth-order valence-electron chi connectivity index (χ4n) is 2.32. The minimum absolute atomic E-state index is 0.273. The molecular weight excluding hydrogens is 220 g/mol. The van der Waals surface area contributed by atoms with E-state index < -0.39 is 0 Å². The lowest BCUT2D eigenvalue weighted by Gasteiger charge is -2.22. The maximum atomic E-state index is 10.4. The second-order valence-electron chi connectivity index (χ2n) is 4.71. The third-order valence-corrected chi connectivity index (χ3v) is 3.45. The van der Waals surface area contributed by atoms with Crippen LogP contribution in [0.3, 0.4) is 0 Å². The molecule has 0 aliphatic carbocycles. The van der Waals surface area contributed by atoms with Gasteiger partial charge in [0.25, 0.3) is 0 Å². The van der Waals surface area contributed by atoms with Crippen molar-refractivity contribution < 1.29 is 5.11 Å². The van der Waals surface area contributed by atoms with Gasteiger partial charge in [0.15, 0.2) is 0 Å². The summed E-state index contributed by atoms with van der Waals surface area (Å²) in [4.78, 5) is 0. The van der Waals surface area contributed by atoms with Gasteiger partial charge in [0.2, 0.25) is 0 Å². The van der Waals surface area contributed by atoms with Crippen LogP contribution in [0.2, 0.25) is 0 Å². The molecule has 94 valence electrons. The van der Waals surface area contributed by atoms with Crippen molar-refractivity contribution in [3.05, 3.63) is 71.8 Å². The molecule has 18 heavy (non-hydrogen) atoms. The van der Waals surface area contributed by atoms with Crippen molar-refractivity contribution >= 4 is 0 Å². The fourth-order valence-corrected chi connectivity index (χ4v) is 2.32. The Hall–Kier alpha value is -1.60. The van der Waals surface area contributed by atoms with Crippen molar-refractivity contribution in [2.24, 2.45) is 5.92 Å². The summed E-state index contributed by atoms with van der Waals surface area (Å²) in [6.45, 7) is 2.14. The molecule has 0 fully saturated rings. The van der Waals surface area contributed by atoms with E-state index >= 15 is 0 Å². The van der Waals surface area contributed by atoms with Crippen molar-refractivity contribution in [3.63, 3.8) is 0 Å². The maximum Gasteiger partial charge on any atom is 0.0821 e. The van der Waals surface area contributed by atoms with Gasteiger partial charge in [-0.2, -0.15) is 0 Å². The van der Waals surface area contributed by atoms with Gasteiger partial charge in [-0.25, -0.2) is 0 Å². The standard InChI is InChI=1S/C17H20O/c1-2-15(13-14-9-5-3-6-10-14)17(18)16-11-7-4-8-12-16/h3-12,15,17-18H,2,13H2,1H3. The zero-order chi connectivity index (χ0) is 12.8. The molecule has 2 atom stereocenters. The van der Waals surface area contributed by atoms with Crippen molar-refractivity contribution in [1.29, 1.82) is 0 Å². The number of aliphatic hydroxyl groups is 1. The van der Waals surface area contributed by atoms with E-state index in [0.29, 0.717) is 0 Å². The molecule has 0 saturated heterocycles. The third-order valence-electron chi connectivity index (χ3n) is 3.45. The van der Waals surface area contributed by atoms with E-state index in [2.05, 4.69) is 31.2 Å². The van der Waals surface area contributed by atoms with Gasteiger partial charge >= 0.3 is 0 Å². The summed E-state index contributed by atoms with van der Waals surface area (Å²) in [5, 5.41) is 10.4. The summed E-state index contributed by atoms with van der Waals surface area (Å²) in [5.74, 6) is 0.273. The Morgan fingerprint density at radius 2 is 1.44 bits per heavy atom. The van der Waals surface area contributed by atoms with Crippen LogP contribution in [0.5, 0.6) is 0 Å². The summed E-state index contributed by atoms with van der Waals surface area (Å²) in [6.07, 6.45) is 1.52. The number of hydrogen-bond donors (Lipinski definition) is 1. The van der Waals surface area contributed by atoms with Crippen LogP contribution in [-0.2, 0) is 6.42 Å². The van der Waals surface area contributed by atoms with Gasteiger partial charge < -0.3 is 5.11 Å². The predicted molar refractivity (Wildman–Crippen MR) is 75.3 cm³/mol. The fraction of sp³-hybridized carbons (Fsp3) is 0.294. The monoisotopic (exact) mass is 240 g/mol. The van der Waals surface area contributed by atoms with Gasteiger partial charge in [-0.05, 0) is 23.5 Å². The Labute approximate surface area is 109 Å². The number of aliphatic hydroxyl groups excluding tert-OH is 1. The van der Waals surface area contributed by atoms with E-state index in [1.807, 2.05) is 36.4 Å². The molecule has 2 aromatic rings. The van der Waals surface area contributed by atoms with Crippen LogP contribution >= 0.6 is 0 Å². The van der Waals surface area contributed by atoms with E-state index in [4.69, 9.17) is 0 Å². The van der Waals surface area contributed by atoms with Crippen LogP contribution in [0.4, 0.5) is 0 Å². The van der Waals surface area contributed by atoms with Crippen LogP contribution in [-0.4, -0.2) is 5.11 Å². The Kier molecular flexibility index (Phi) is 4.54. The van der Waals surface area contributed by atoms with E-state index in [-0.39, 0.29) is 12.0 Å². The minimum atomic E-state index is -0.378. The third kappa shape index (κ3) is 3.21. The molecule has 1 nitrogen and oxygen atoms in total. The van der Waals surface area contributed by atoms with Crippen LogP contribution in [0.25, 0.3) is 0 Å². The lowest BCUT2D eigenvalue weighted by Crippen LogP contribution is -2.14. The van der Waals surface area contributed by atoms with Crippen molar-refractivity contribution in [1.82, 2.24) is 0 Å². The van der Waals surface area contributed by atoms with E-state index in [1.54, 1.807) is 0 Å². The first kappa shape index (κ1) is 12.8. The number of hydrogen-bond acceptors (Lipinski definition) is 1. The van der Waals surface area contributed by atoms with Crippen molar-refractivity contribution in [2.45, 2.75) is 25.9 Å². The molecule has 0 bridgehead atoms. The number of benzene rings is 2. The SMILES string of the molecule is CCC(Cc1ccccc1)C(O)c1ccccc1. The predicted octanol–water partition coefficient (Wildman–Crippen LogP) is 3.99. The molecule has 2 aromatic carbocycles. The molecule has 0 amide bonds. The van der Waals surface area contributed by atoms with Crippen molar-refractivity contribution in [3.8, 4) is 0 Å². The van der Waals surface area contributed by atoms with Gasteiger partial charge in [0, 0.05) is 0 Å². The first-order chi connectivity index (χ1) is 8.81. The zero-order valence-electron chi connectivity index (χ0n) is 10.8. The van der Waals surface area contributed by atoms with E-state index in [0.717, 1.165) is 18.4 Å². The highest BCUT2D eigenvalue weighted by molar-refractivity contribution is 5.20. The lowest BCUT2D eigenvalue weighted by molar-refractivity contribution is 0.105. The highest BCUT2D eigenvalue weighted by Gasteiger charge is 2.19. The van der Waals surface area contributed by atoms with Crippen LogP contribution in [0, 0.1) is 5.92 Å². The molecule has 0 aliphatic heterocycles. The second kappa shape index (κ2) is 6.36. The van der Waals surface area contributed by atoms with E-state index in [9.17, 15) is 5.11 Å². The van der Waals surface area contributed by atoms with Gasteiger partial charge in [-0.3, -0.25) is 0 Å². The molecule has 0 saturated carbocycles. The molecule has 2 rings (SSSR count). The van der Waals surface area contributed by atoms with Gasteiger partial charge in [-0.1, -0.05) is 74.0 Å². The van der Waals surface area contributed by atoms with Crippen LogP contribution < -0.4 is 0 Å². The molecular formula is C17H20O. The molecule has 2 unspecified atom stereocenters. The minimum Gasteiger partial charge on any atom is -0.388 e. The lowest BCUT2D eigenvalue weighted by atomic mass is 9.88. The molecule has 0 aliphatic rings. The topological polar surface area (TPSA) is 20.2 Å². The van der Waals surface area contributed by atoms with Gasteiger partial charge in [-0.15, -0.1) is 0 Å². The summed E-state index contributed by atoms with van der Waals surface area (Å²) >= 11 is 0. The Bertz CT molecular complexity index is 450. The molecule has 0 aromatic heterocycles. The smallest absolute Gasteiger partial charge is 0.0821 e. The first-order valence-corrected chi connectivity index (χ1v) is 6.58. The molecule has 1 heteroatoms. The normalized spacial score (nSPS) is 14.1. The Balaban J connectivity index is 2.09. The first-order valence-electron chi connectivity index (χ1n) is 6.58. The average molecular weight is 240 g/mol. The summed E-state index contributed by atoms with van der Waals surface area (Å²) in [5.41, 5.74) is 2.31. The van der Waals surface area contributed by atoms with Gasteiger partial charge in [0.1, 0.15) is 0 Å². The molecule has 0 spiro atoms. The largest absolute Gasteiger partial charge is 0.388 e. The zero-order valence-corrected chi connectivity index (χ0v) is 10.8. The van der Waals surface area contributed by atoms with Gasteiger partial charge in [0.05, 0.1) is 6.10 Å². The highest BCUT2D eigenvalue weighted by Crippen LogP contribution is 2.27. The van der Waals surface area contributed by atoms with Crippen LogP contribution in [0.1, 0.15) is 30.6 Å². The molecule has 0 radical (unpaired) electrons. The summed E-state index contributed by atoms with van der Waals surface area (Å²) in [6, 6.07) is 20.3. The molecule has 1 N–H and O–H groups in total. The maximum absolute atomic E-state index is 10.4. The quantitative estimate of drug-likeness (QED) is 0.838. The Morgan fingerprint density at radius 1 is 0.889 bits per heavy atom. The van der Waals surface area contributed by atoms with E-state index in [1.165, 1.54) is 5.56 Å². The second-order valence-corrected chi connectivity index (χ2v) is 4.71. The highest BCUT2D eigenvalue weighted by atomic mass is 16.3. The number of rotatable bonds is 5. The summed E-state index contributed by atoms with van der Waals surface area (Å²) in [7, 11) is 0. The van der Waals surface area contributed by atoms with Crippen LogP contribution in [0.15, 0.2) is 60.7 Å². The Morgan fingerprint density at radius 3 is 2.00 bits per heavy atom. The molecule has 0 heterocycles. The van der Waals surface area contributed by atoms with Crippen molar-refractivity contribution in [2.75, 3.05) is 0 Å². The summed E-state index contributed by atoms with van der Waals surface area (Å²) < 4.78 is 0.